The maximum absolute atomic E-state index is 12.1. The third kappa shape index (κ3) is 4.21. The number of hydrogen-bond acceptors (Lipinski definition) is 5. The first-order valence-electron chi connectivity index (χ1n) is 10.9. The zero-order chi connectivity index (χ0) is 23.8. The number of methoxy groups -OCH3 is 2. The molecule has 0 aliphatic heterocycles. The second-order valence-corrected chi connectivity index (χ2v) is 9.92. The number of ether oxygens (including phenoxy) is 2. The van der Waals surface area contributed by atoms with Gasteiger partial charge in [0.1, 0.15) is 0 Å². The van der Waals surface area contributed by atoms with E-state index >= 15 is 0 Å². The van der Waals surface area contributed by atoms with Crippen molar-refractivity contribution in [2.45, 2.75) is 64.2 Å². The topological polar surface area (TPSA) is 65.5 Å². The van der Waals surface area contributed by atoms with Crippen LogP contribution < -0.4 is 0 Å². The monoisotopic (exact) mass is 435 g/mol. The van der Waals surface area contributed by atoms with Crippen LogP contribution in [0.1, 0.15) is 80.0 Å². The fourth-order valence-corrected chi connectivity index (χ4v) is 4.54. The number of fused-ring (bicyclic) bond motifs is 1. The van der Waals surface area contributed by atoms with E-state index in [4.69, 9.17) is 9.47 Å². The van der Waals surface area contributed by atoms with Gasteiger partial charge in [0, 0.05) is 11.8 Å². The third-order valence-corrected chi connectivity index (χ3v) is 6.83. The zero-order valence-corrected chi connectivity index (χ0v) is 20.2. The smallest absolute Gasteiger partial charge is 0.324 e. The predicted molar refractivity (Wildman–Crippen MR) is 126 cm³/mol. The fourth-order valence-electron chi connectivity index (χ4n) is 4.54. The van der Waals surface area contributed by atoms with E-state index < -0.39 is 17.9 Å². The minimum absolute atomic E-state index is 0.0963. The van der Waals surface area contributed by atoms with Gasteiger partial charge in [-0.2, -0.15) is 0 Å². The Morgan fingerprint density at radius 3 is 1.97 bits per heavy atom. The summed E-state index contributed by atoms with van der Waals surface area (Å²) >= 11 is 0. The number of esters is 2. The molecule has 0 radical (unpaired) electrons. The zero-order valence-electron chi connectivity index (χ0n) is 20.2. The lowest BCUT2D eigenvalue weighted by Gasteiger charge is -2.42. The Hall–Kier alpha value is -2.95. The highest BCUT2D eigenvalue weighted by atomic mass is 16.5. The number of carbonyl (C=O) groups is 2. The molecule has 170 valence electrons. The van der Waals surface area contributed by atoms with Crippen LogP contribution in [0, 0.1) is 6.92 Å². The molecule has 5 nitrogen and oxygen atoms in total. The molecule has 1 aromatic carbocycles. The van der Waals surface area contributed by atoms with Crippen LogP contribution in [0.2, 0.25) is 0 Å². The highest BCUT2D eigenvalue weighted by Crippen LogP contribution is 2.47. The van der Waals surface area contributed by atoms with Gasteiger partial charge in [-0.05, 0) is 70.5 Å². The lowest BCUT2D eigenvalue weighted by atomic mass is 9.62. The van der Waals surface area contributed by atoms with Crippen molar-refractivity contribution in [3.8, 4) is 0 Å². The van der Waals surface area contributed by atoms with Crippen LogP contribution in [0.3, 0.4) is 0 Å². The van der Waals surface area contributed by atoms with Crippen LogP contribution >= 0.6 is 0 Å². The van der Waals surface area contributed by atoms with E-state index in [9.17, 15) is 9.59 Å². The van der Waals surface area contributed by atoms with E-state index in [1.807, 2.05) is 0 Å². The maximum atomic E-state index is 12.1. The summed E-state index contributed by atoms with van der Waals surface area (Å²) in [5.74, 6) is -2.52. The van der Waals surface area contributed by atoms with Gasteiger partial charge in [-0.1, -0.05) is 46.4 Å². The number of rotatable bonds is 5. The number of benzene rings is 1. The highest BCUT2D eigenvalue weighted by Gasteiger charge is 2.37. The largest absolute Gasteiger partial charge is 0.468 e. The van der Waals surface area contributed by atoms with Gasteiger partial charge in [0.15, 0.2) is 5.92 Å². The van der Waals surface area contributed by atoms with Crippen molar-refractivity contribution in [2.24, 2.45) is 0 Å². The quantitative estimate of drug-likeness (QED) is 0.475. The number of hydrogen-bond donors (Lipinski definition) is 0. The first kappa shape index (κ1) is 23.7. The molecular formula is C27H33NO4. The molecule has 1 aliphatic carbocycles. The summed E-state index contributed by atoms with van der Waals surface area (Å²) < 4.78 is 9.51. The van der Waals surface area contributed by atoms with Gasteiger partial charge in [-0.3, -0.25) is 14.6 Å². The van der Waals surface area contributed by atoms with Gasteiger partial charge in [0.05, 0.1) is 19.9 Å². The fraction of sp³-hybridized carbons (Fsp3) is 0.444. The molecule has 2 aromatic rings. The second-order valence-electron chi connectivity index (χ2n) is 9.92. The highest BCUT2D eigenvalue weighted by molar-refractivity contribution is 6.00. The Labute approximate surface area is 190 Å². The molecule has 0 atom stereocenters. The normalized spacial score (nSPS) is 16.2. The number of nitrogens with zero attached hydrogens (tertiary/aromatic N) is 1. The predicted octanol–water partition coefficient (Wildman–Crippen LogP) is 5.23. The summed E-state index contributed by atoms with van der Waals surface area (Å²) in [5, 5.41) is 0. The third-order valence-electron chi connectivity index (χ3n) is 6.83. The van der Waals surface area contributed by atoms with Crippen molar-refractivity contribution in [2.75, 3.05) is 14.2 Å². The Kier molecular flexibility index (Phi) is 6.32. The Balaban J connectivity index is 2.00. The van der Waals surface area contributed by atoms with Gasteiger partial charge in [0.25, 0.3) is 0 Å². The van der Waals surface area contributed by atoms with E-state index in [0.29, 0.717) is 11.3 Å². The van der Waals surface area contributed by atoms with Crippen molar-refractivity contribution in [1.82, 2.24) is 4.98 Å². The van der Waals surface area contributed by atoms with Crippen molar-refractivity contribution in [3.63, 3.8) is 0 Å². The van der Waals surface area contributed by atoms with Gasteiger partial charge in [0.2, 0.25) is 0 Å². The van der Waals surface area contributed by atoms with Crippen molar-refractivity contribution < 1.29 is 19.1 Å². The molecule has 3 rings (SSSR count). The molecule has 0 bridgehead atoms. The molecule has 5 heteroatoms. The van der Waals surface area contributed by atoms with E-state index in [-0.39, 0.29) is 10.8 Å². The van der Waals surface area contributed by atoms with Crippen molar-refractivity contribution >= 4 is 17.5 Å². The minimum atomic E-state index is -1.16. The molecule has 1 aliphatic rings. The number of aromatic nitrogens is 1. The summed E-state index contributed by atoms with van der Waals surface area (Å²) in [6, 6.07) is 8.06. The van der Waals surface area contributed by atoms with Crippen molar-refractivity contribution in [1.29, 1.82) is 0 Å². The Morgan fingerprint density at radius 2 is 1.50 bits per heavy atom. The number of pyridine rings is 1. The van der Waals surface area contributed by atoms with E-state index in [1.165, 1.54) is 31.5 Å². The summed E-state index contributed by atoms with van der Waals surface area (Å²) in [5.41, 5.74) is 7.16. The molecule has 0 spiro atoms. The first-order chi connectivity index (χ1) is 14.9. The lowest BCUT2D eigenvalue weighted by Crippen LogP contribution is -2.34. The maximum Gasteiger partial charge on any atom is 0.324 e. The van der Waals surface area contributed by atoms with Gasteiger partial charge >= 0.3 is 11.9 Å². The SMILES string of the molecule is C=C(c1ccc(C(C(=O)OC)C(=O)OC)cn1)c1cc2c(cc1C)C(C)(C)CCC2(C)C. The van der Waals surface area contributed by atoms with E-state index in [1.54, 1.807) is 12.1 Å². The van der Waals surface area contributed by atoms with Gasteiger partial charge < -0.3 is 9.47 Å². The van der Waals surface area contributed by atoms with Crippen molar-refractivity contribution in [3.05, 3.63) is 70.6 Å². The van der Waals surface area contributed by atoms with Crippen LogP contribution in [0.5, 0.6) is 0 Å². The molecule has 1 aromatic heterocycles. The summed E-state index contributed by atoms with van der Waals surface area (Å²) in [4.78, 5) is 28.7. The standard InChI is InChI=1S/C27H33NO4/c1-16-13-20-21(27(5,6)12-11-26(20,3)4)14-19(16)17(2)22-10-9-18(15-28-22)23(24(29)31-7)25(30)32-8/h9-10,13-15,23H,2,11-12H2,1,3-8H3. The average Bonchev–Trinajstić information content (AvgIpc) is 2.76. The lowest BCUT2D eigenvalue weighted by molar-refractivity contribution is -0.154. The van der Waals surface area contributed by atoms with Crippen LogP contribution in [-0.2, 0) is 29.9 Å². The summed E-state index contributed by atoms with van der Waals surface area (Å²) in [7, 11) is 2.48. The Morgan fingerprint density at radius 1 is 0.969 bits per heavy atom. The van der Waals surface area contributed by atoms with Crippen LogP contribution in [-0.4, -0.2) is 31.1 Å². The van der Waals surface area contributed by atoms with E-state index in [2.05, 4.69) is 58.3 Å². The molecule has 0 saturated heterocycles. The molecule has 0 amide bonds. The molecule has 1 heterocycles. The average molecular weight is 436 g/mol. The first-order valence-corrected chi connectivity index (χ1v) is 10.9. The number of carbonyl (C=O) groups excluding carboxylic acids is 2. The Bertz CT molecular complexity index is 1050. The molecule has 32 heavy (non-hydrogen) atoms. The minimum Gasteiger partial charge on any atom is -0.468 e. The molecule has 0 N–H and O–H groups in total. The van der Waals surface area contributed by atoms with Crippen LogP contribution in [0.15, 0.2) is 37.0 Å². The molecule has 0 fully saturated rings. The molecule has 0 unspecified atom stereocenters. The van der Waals surface area contributed by atoms with E-state index in [0.717, 1.165) is 29.5 Å². The molecule has 0 saturated carbocycles. The summed E-state index contributed by atoms with van der Waals surface area (Å²) in [6.07, 6.45) is 3.81. The number of aryl methyl sites for hydroxylation is 1. The van der Waals surface area contributed by atoms with Crippen LogP contribution in [0.25, 0.3) is 5.57 Å². The van der Waals surface area contributed by atoms with Gasteiger partial charge in [-0.25, -0.2) is 0 Å². The summed E-state index contributed by atoms with van der Waals surface area (Å²) in [6.45, 7) is 15.7. The second kappa shape index (κ2) is 8.53. The molecular weight excluding hydrogens is 402 g/mol. The van der Waals surface area contributed by atoms with Gasteiger partial charge in [-0.15, -0.1) is 0 Å². The van der Waals surface area contributed by atoms with Crippen LogP contribution in [0.4, 0.5) is 0 Å².